The lowest BCUT2D eigenvalue weighted by atomic mass is 10.2. The van der Waals surface area contributed by atoms with E-state index in [1.807, 2.05) is 5.32 Å². The predicted octanol–water partition coefficient (Wildman–Crippen LogP) is -0.105. The first kappa shape index (κ1) is 15.2. The zero-order valence-electron chi connectivity index (χ0n) is 8.80. The maximum atomic E-state index is 12.4. The van der Waals surface area contributed by atoms with Crippen LogP contribution in [0, 0.1) is 0 Å². The number of methoxy groups -OCH3 is 1. The van der Waals surface area contributed by atoms with Gasteiger partial charge >= 0.3 is 23.9 Å². The number of amides is 2. The SMILES string of the molecule is C=CCNC(=O)NC(O)(C(=O)OC)C(F)(F)F. The minimum atomic E-state index is -5.41. The minimum absolute atomic E-state index is 0.138. The van der Waals surface area contributed by atoms with Crippen LogP contribution in [0.2, 0.25) is 0 Å². The first-order chi connectivity index (χ1) is 7.69. The van der Waals surface area contributed by atoms with E-state index in [1.54, 1.807) is 0 Å². The molecule has 1 unspecified atom stereocenters. The maximum absolute atomic E-state index is 12.4. The van der Waals surface area contributed by atoms with Gasteiger partial charge in [0.25, 0.3) is 0 Å². The highest BCUT2D eigenvalue weighted by Crippen LogP contribution is 2.29. The molecule has 0 heterocycles. The Morgan fingerprint density at radius 1 is 1.47 bits per heavy atom. The number of alkyl halides is 3. The van der Waals surface area contributed by atoms with Crippen LogP contribution in [0.15, 0.2) is 12.7 Å². The van der Waals surface area contributed by atoms with Crippen LogP contribution in [-0.4, -0.2) is 42.7 Å². The summed E-state index contributed by atoms with van der Waals surface area (Å²) in [6.45, 7) is 3.07. The lowest BCUT2D eigenvalue weighted by molar-refractivity contribution is -0.267. The van der Waals surface area contributed by atoms with Crippen LogP contribution in [0.3, 0.4) is 0 Å². The van der Waals surface area contributed by atoms with Gasteiger partial charge in [-0.05, 0) is 0 Å². The first-order valence-electron chi connectivity index (χ1n) is 4.23. The second-order valence-electron chi connectivity index (χ2n) is 2.82. The number of hydrogen-bond acceptors (Lipinski definition) is 4. The highest BCUT2D eigenvalue weighted by Gasteiger charge is 2.62. The van der Waals surface area contributed by atoms with Gasteiger partial charge in [-0.25, -0.2) is 9.59 Å². The van der Waals surface area contributed by atoms with Crippen LogP contribution in [-0.2, 0) is 9.53 Å². The van der Waals surface area contributed by atoms with Gasteiger partial charge < -0.3 is 15.2 Å². The number of carbonyl (C=O) groups is 2. The summed E-state index contributed by atoms with van der Waals surface area (Å²) in [5.41, 5.74) is -4.09. The van der Waals surface area contributed by atoms with Crippen molar-refractivity contribution in [2.24, 2.45) is 0 Å². The third-order valence-corrected chi connectivity index (χ3v) is 1.59. The van der Waals surface area contributed by atoms with E-state index in [0.29, 0.717) is 7.11 Å². The molecule has 0 saturated carbocycles. The van der Waals surface area contributed by atoms with E-state index >= 15 is 0 Å². The topological polar surface area (TPSA) is 87.7 Å². The highest BCUT2D eigenvalue weighted by molar-refractivity contribution is 5.86. The third kappa shape index (κ3) is 3.63. The molecule has 6 nitrogen and oxygen atoms in total. The lowest BCUT2D eigenvalue weighted by Crippen LogP contribution is -2.66. The van der Waals surface area contributed by atoms with Crippen LogP contribution in [0.4, 0.5) is 18.0 Å². The minimum Gasteiger partial charge on any atom is -0.465 e. The predicted molar refractivity (Wildman–Crippen MR) is 49.8 cm³/mol. The van der Waals surface area contributed by atoms with Gasteiger partial charge in [0, 0.05) is 6.54 Å². The summed E-state index contributed by atoms with van der Waals surface area (Å²) < 4.78 is 41.0. The molecule has 17 heavy (non-hydrogen) atoms. The average molecular weight is 256 g/mol. The molecule has 0 aliphatic rings. The van der Waals surface area contributed by atoms with Crippen LogP contribution in [0.25, 0.3) is 0 Å². The number of nitrogens with one attached hydrogen (secondary N) is 2. The number of aliphatic hydroxyl groups is 1. The molecule has 2 amide bonds. The van der Waals surface area contributed by atoms with Gasteiger partial charge in [0.15, 0.2) is 0 Å². The Morgan fingerprint density at radius 2 is 2.00 bits per heavy atom. The zero-order chi connectivity index (χ0) is 13.7. The van der Waals surface area contributed by atoms with Crippen LogP contribution < -0.4 is 10.6 Å². The summed E-state index contributed by atoms with van der Waals surface area (Å²) in [5, 5.41) is 12.1. The third-order valence-electron chi connectivity index (χ3n) is 1.59. The molecule has 0 radical (unpaired) electrons. The van der Waals surface area contributed by atoms with Gasteiger partial charge in [-0.2, -0.15) is 13.2 Å². The molecule has 0 aliphatic carbocycles. The second-order valence-corrected chi connectivity index (χ2v) is 2.82. The van der Waals surface area contributed by atoms with Crippen molar-refractivity contribution in [3.05, 3.63) is 12.7 Å². The average Bonchev–Trinajstić information content (AvgIpc) is 2.23. The molecule has 0 bridgehead atoms. The van der Waals surface area contributed by atoms with E-state index in [1.165, 1.54) is 6.08 Å². The molecule has 0 aliphatic heterocycles. The molecular weight excluding hydrogens is 245 g/mol. The van der Waals surface area contributed by atoms with Crippen LogP contribution >= 0.6 is 0 Å². The quantitative estimate of drug-likeness (QED) is 0.372. The van der Waals surface area contributed by atoms with E-state index in [9.17, 15) is 22.8 Å². The van der Waals surface area contributed by atoms with Crippen LogP contribution in [0.1, 0.15) is 0 Å². The Morgan fingerprint density at radius 3 is 2.35 bits per heavy atom. The molecule has 1 atom stereocenters. The van der Waals surface area contributed by atoms with Gasteiger partial charge in [0.05, 0.1) is 7.11 Å². The highest BCUT2D eigenvalue weighted by atomic mass is 19.4. The van der Waals surface area contributed by atoms with Gasteiger partial charge in [0.1, 0.15) is 0 Å². The second kappa shape index (κ2) is 5.53. The number of esters is 1. The molecule has 3 N–H and O–H groups in total. The van der Waals surface area contributed by atoms with Crippen molar-refractivity contribution in [3.8, 4) is 0 Å². The number of urea groups is 1. The van der Waals surface area contributed by atoms with Crippen molar-refractivity contribution >= 4 is 12.0 Å². The number of hydrogen-bond donors (Lipinski definition) is 3. The number of ether oxygens (including phenoxy) is 1. The van der Waals surface area contributed by atoms with Crippen molar-refractivity contribution in [2.45, 2.75) is 11.9 Å². The van der Waals surface area contributed by atoms with E-state index in [4.69, 9.17) is 5.11 Å². The van der Waals surface area contributed by atoms with Crippen molar-refractivity contribution in [1.82, 2.24) is 10.6 Å². The van der Waals surface area contributed by atoms with Crippen molar-refractivity contribution in [3.63, 3.8) is 0 Å². The summed E-state index contributed by atoms with van der Waals surface area (Å²) in [4.78, 5) is 21.8. The summed E-state index contributed by atoms with van der Waals surface area (Å²) >= 11 is 0. The molecule has 98 valence electrons. The summed E-state index contributed by atoms with van der Waals surface area (Å²) in [6, 6.07) is -1.39. The Kier molecular flexibility index (Phi) is 4.95. The Balaban J connectivity index is 4.90. The monoisotopic (exact) mass is 256 g/mol. The fraction of sp³-hybridized carbons (Fsp3) is 0.500. The zero-order valence-corrected chi connectivity index (χ0v) is 8.80. The van der Waals surface area contributed by atoms with Gasteiger partial charge in [-0.15, -0.1) is 6.58 Å². The molecule has 0 aromatic carbocycles. The molecule has 0 fully saturated rings. The first-order valence-corrected chi connectivity index (χ1v) is 4.23. The van der Waals surface area contributed by atoms with Gasteiger partial charge in [0.2, 0.25) is 0 Å². The molecule has 0 saturated heterocycles. The number of rotatable bonds is 4. The summed E-state index contributed by atoms with van der Waals surface area (Å²) in [6.07, 6.45) is -4.21. The van der Waals surface area contributed by atoms with E-state index in [2.05, 4.69) is 11.3 Å². The maximum Gasteiger partial charge on any atom is 0.448 e. The molecular formula is C8H11F3N2O4. The van der Waals surface area contributed by atoms with Gasteiger partial charge in [-0.3, -0.25) is 5.32 Å². The number of halogens is 3. The fourth-order valence-electron chi connectivity index (χ4n) is 0.759. The molecule has 9 heteroatoms. The number of carbonyl (C=O) groups excluding carboxylic acids is 2. The standard InChI is InChI=1S/C8H11F3N2O4/c1-3-4-12-6(15)13-7(16,5(14)17-2)8(9,10)11/h3,16H,1,4H2,2H3,(H2,12,13,15). The van der Waals surface area contributed by atoms with Crippen molar-refractivity contribution < 1.29 is 32.6 Å². The summed E-state index contributed by atoms with van der Waals surface area (Å²) in [7, 11) is 0.641. The molecule has 0 rings (SSSR count). The largest absolute Gasteiger partial charge is 0.465 e. The Bertz CT molecular complexity index is 318. The molecule has 0 spiro atoms. The Hall–Kier alpha value is -1.77. The molecule has 0 aromatic rings. The summed E-state index contributed by atoms with van der Waals surface area (Å²) in [5.74, 6) is -2.04. The fourth-order valence-corrected chi connectivity index (χ4v) is 0.759. The van der Waals surface area contributed by atoms with Gasteiger partial charge in [-0.1, -0.05) is 6.08 Å². The van der Waals surface area contributed by atoms with Crippen molar-refractivity contribution in [2.75, 3.05) is 13.7 Å². The smallest absolute Gasteiger partial charge is 0.448 e. The molecule has 0 aromatic heterocycles. The van der Waals surface area contributed by atoms with E-state index < -0.39 is 23.9 Å². The van der Waals surface area contributed by atoms with Crippen LogP contribution in [0.5, 0.6) is 0 Å². The Labute approximate surface area is 94.4 Å². The van der Waals surface area contributed by atoms with E-state index in [-0.39, 0.29) is 6.54 Å². The normalized spacial score (nSPS) is 14.4. The van der Waals surface area contributed by atoms with E-state index in [0.717, 1.165) is 5.32 Å². The van der Waals surface area contributed by atoms with Crippen molar-refractivity contribution in [1.29, 1.82) is 0 Å². The lowest BCUT2D eigenvalue weighted by Gasteiger charge is -2.28.